The predicted octanol–water partition coefficient (Wildman–Crippen LogP) is 2.97. The van der Waals surface area contributed by atoms with Gasteiger partial charge in [-0.25, -0.2) is 0 Å². The normalized spacial score (nSPS) is 27.3. The zero-order valence-electron chi connectivity index (χ0n) is 14.7. The highest BCUT2D eigenvalue weighted by molar-refractivity contribution is 5.80. The summed E-state index contributed by atoms with van der Waals surface area (Å²) < 4.78 is 5.89. The largest absolute Gasteiger partial charge is 0.373 e. The van der Waals surface area contributed by atoms with Crippen LogP contribution in [-0.4, -0.2) is 31.3 Å². The summed E-state index contributed by atoms with van der Waals surface area (Å²) in [7, 11) is 1.83. The van der Waals surface area contributed by atoms with Crippen LogP contribution in [0.5, 0.6) is 0 Å². The van der Waals surface area contributed by atoms with Crippen molar-refractivity contribution in [1.82, 2.24) is 10.6 Å². The molecule has 4 nitrogen and oxygen atoms in total. The van der Waals surface area contributed by atoms with Gasteiger partial charge in [-0.3, -0.25) is 4.99 Å². The molecule has 3 unspecified atom stereocenters. The number of ether oxygens (including phenoxy) is 1. The average Bonchev–Trinajstić information content (AvgIpc) is 3.13. The number of hydrogen-bond acceptors (Lipinski definition) is 2. The molecular weight excluding hydrogens is 286 g/mol. The Kier molecular flexibility index (Phi) is 4.62. The highest BCUT2D eigenvalue weighted by atomic mass is 16.5. The second kappa shape index (κ2) is 6.52. The number of benzene rings is 1. The van der Waals surface area contributed by atoms with E-state index in [2.05, 4.69) is 60.7 Å². The number of aliphatic imine (C=N–C) groups is 1. The molecule has 0 saturated carbocycles. The van der Waals surface area contributed by atoms with E-state index in [1.54, 1.807) is 0 Å². The molecule has 2 fully saturated rings. The van der Waals surface area contributed by atoms with Crippen LogP contribution in [0.3, 0.4) is 0 Å². The van der Waals surface area contributed by atoms with Crippen molar-refractivity contribution in [1.29, 1.82) is 0 Å². The molecule has 1 aromatic rings. The first-order valence-corrected chi connectivity index (χ1v) is 8.68. The van der Waals surface area contributed by atoms with Crippen molar-refractivity contribution in [2.75, 3.05) is 7.05 Å². The Hall–Kier alpha value is -1.55. The molecular formula is C19H29N3O. The van der Waals surface area contributed by atoms with E-state index in [4.69, 9.17) is 4.74 Å². The predicted molar refractivity (Wildman–Crippen MR) is 94.8 cm³/mol. The SMILES string of the molecule is CN=C(NCc1ccc(C(C)(C)C)cc1)NC1CC2CCC1O2. The second-order valence-electron chi connectivity index (χ2n) is 7.73. The van der Waals surface area contributed by atoms with Crippen LogP contribution in [0.1, 0.15) is 51.2 Å². The third-order valence-corrected chi connectivity index (χ3v) is 4.93. The highest BCUT2D eigenvalue weighted by Crippen LogP contribution is 2.34. The maximum absolute atomic E-state index is 5.89. The molecule has 0 spiro atoms. The fraction of sp³-hybridized carbons (Fsp3) is 0.632. The van der Waals surface area contributed by atoms with E-state index >= 15 is 0 Å². The summed E-state index contributed by atoms with van der Waals surface area (Å²) in [6.07, 6.45) is 4.32. The van der Waals surface area contributed by atoms with Crippen LogP contribution in [0.15, 0.2) is 29.3 Å². The van der Waals surface area contributed by atoms with Crippen molar-refractivity contribution < 1.29 is 4.74 Å². The standard InChI is InChI=1S/C19H29N3O/c1-19(2,3)14-7-5-13(6-8-14)12-21-18(20-4)22-16-11-15-9-10-17(16)23-15/h5-8,15-17H,9-12H2,1-4H3,(H2,20,21,22). The molecule has 0 radical (unpaired) electrons. The Balaban J connectivity index is 1.52. The molecule has 2 N–H and O–H groups in total. The van der Waals surface area contributed by atoms with Crippen LogP contribution >= 0.6 is 0 Å². The quantitative estimate of drug-likeness (QED) is 0.666. The molecule has 126 valence electrons. The molecule has 0 amide bonds. The van der Waals surface area contributed by atoms with Crippen molar-refractivity contribution >= 4 is 5.96 Å². The monoisotopic (exact) mass is 315 g/mol. The summed E-state index contributed by atoms with van der Waals surface area (Å²) in [5.74, 6) is 0.867. The topological polar surface area (TPSA) is 45.7 Å². The van der Waals surface area contributed by atoms with Crippen molar-refractivity contribution in [3.8, 4) is 0 Å². The van der Waals surface area contributed by atoms with Crippen LogP contribution in [-0.2, 0) is 16.7 Å². The lowest BCUT2D eigenvalue weighted by molar-refractivity contribution is 0.0992. The molecule has 3 rings (SSSR count). The molecule has 2 saturated heterocycles. The van der Waals surface area contributed by atoms with E-state index in [0.29, 0.717) is 18.2 Å². The lowest BCUT2D eigenvalue weighted by atomic mass is 9.87. The summed E-state index contributed by atoms with van der Waals surface area (Å²) >= 11 is 0. The molecule has 2 aliphatic rings. The van der Waals surface area contributed by atoms with E-state index in [-0.39, 0.29) is 5.41 Å². The lowest BCUT2D eigenvalue weighted by Gasteiger charge is -2.23. The molecule has 23 heavy (non-hydrogen) atoms. The van der Waals surface area contributed by atoms with Crippen LogP contribution in [0, 0.1) is 0 Å². The number of fused-ring (bicyclic) bond motifs is 2. The van der Waals surface area contributed by atoms with Gasteiger partial charge in [-0.1, -0.05) is 45.0 Å². The lowest BCUT2D eigenvalue weighted by Crippen LogP contribution is -2.47. The van der Waals surface area contributed by atoms with E-state index in [0.717, 1.165) is 18.9 Å². The molecule has 1 aromatic carbocycles. The maximum atomic E-state index is 5.89. The fourth-order valence-corrected chi connectivity index (χ4v) is 3.47. The van der Waals surface area contributed by atoms with Gasteiger partial charge in [0.15, 0.2) is 5.96 Å². The Morgan fingerprint density at radius 2 is 1.96 bits per heavy atom. The number of nitrogens with one attached hydrogen (secondary N) is 2. The number of guanidine groups is 1. The summed E-state index contributed by atoms with van der Waals surface area (Å²) in [6, 6.07) is 9.24. The Labute approximate surface area is 139 Å². The Morgan fingerprint density at radius 3 is 2.48 bits per heavy atom. The van der Waals surface area contributed by atoms with Crippen molar-refractivity contribution in [2.45, 2.75) is 70.2 Å². The van der Waals surface area contributed by atoms with Gasteiger partial charge in [-0.15, -0.1) is 0 Å². The van der Waals surface area contributed by atoms with Crippen LogP contribution in [0.2, 0.25) is 0 Å². The van der Waals surface area contributed by atoms with Gasteiger partial charge in [0.05, 0.1) is 18.2 Å². The van der Waals surface area contributed by atoms with E-state index in [1.165, 1.54) is 24.0 Å². The molecule has 2 aliphatic heterocycles. The maximum Gasteiger partial charge on any atom is 0.191 e. The summed E-state index contributed by atoms with van der Waals surface area (Å²) in [4.78, 5) is 4.35. The van der Waals surface area contributed by atoms with Gasteiger partial charge in [0, 0.05) is 13.6 Å². The summed E-state index contributed by atoms with van der Waals surface area (Å²) in [6.45, 7) is 7.50. The van der Waals surface area contributed by atoms with Gasteiger partial charge in [0.2, 0.25) is 0 Å². The first-order valence-electron chi connectivity index (χ1n) is 8.68. The van der Waals surface area contributed by atoms with E-state index in [9.17, 15) is 0 Å². The molecule has 4 heteroatoms. The van der Waals surface area contributed by atoms with Gasteiger partial charge in [-0.05, 0) is 35.8 Å². The number of rotatable bonds is 3. The molecule has 2 heterocycles. The molecule has 0 aromatic heterocycles. The summed E-state index contributed by atoms with van der Waals surface area (Å²) in [5.41, 5.74) is 2.83. The third kappa shape index (κ3) is 3.86. The van der Waals surface area contributed by atoms with E-state index < -0.39 is 0 Å². The van der Waals surface area contributed by atoms with Gasteiger partial charge in [-0.2, -0.15) is 0 Å². The highest BCUT2D eigenvalue weighted by Gasteiger charge is 2.41. The van der Waals surface area contributed by atoms with Crippen LogP contribution < -0.4 is 10.6 Å². The van der Waals surface area contributed by atoms with Crippen molar-refractivity contribution in [3.05, 3.63) is 35.4 Å². The van der Waals surface area contributed by atoms with Crippen molar-refractivity contribution in [3.63, 3.8) is 0 Å². The average molecular weight is 315 g/mol. The van der Waals surface area contributed by atoms with Gasteiger partial charge >= 0.3 is 0 Å². The molecule has 3 atom stereocenters. The first-order chi connectivity index (χ1) is 11.0. The zero-order chi connectivity index (χ0) is 16.4. The number of hydrogen-bond donors (Lipinski definition) is 2. The van der Waals surface area contributed by atoms with Crippen LogP contribution in [0.4, 0.5) is 0 Å². The van der Waals surface area contributed by atoms with Crippen LogP contribution in [0.25, 0.3) is 0 Å². The Morgan fingerprint density at radius 1 is 1.22 bits per heavy atom. The number of nitrogens with zero attached hydrogens (tertiary/aromatic N) is 1. The minimum atomic E-state index is 0.200. The van der Waals surface area contributed by atoms with E-state index in [1.807, 2.05) is 7.05 Å². The van der Waals surface area contributed by atoms with Gasteiger partial charge in [0.25, 0.3) is 0 Å². The molecule has 2 bridgehead atoms. The van der Waals surface area contributed by atoms with Crippen molar-refractivity contribution in [2.24, 2.45) is 4.99 Å². The first kappa shape index (κ1) is 16.3. The Bertz CT molecular complexity index is 559. The second-order valence-corrected chi connectivity index (χ2v) is 7.73. The zero-order valence-corrected chi connectivity index (χ0v) is 14.7. The minimum absolute atomic E-state index is 0.200. The third-order valence-electron chi connectivity index (χ3n) is 4.93. The fourth-order valence-electron chi connectivity index (χ4n) is 3.47. The van der Waals surface area contributed by atoms with Gasteiger partial charge in [0.1, 0.15) is 0 Å². The molecule has 0 aliphatic carbocycles. The summed E-state index contributed by atoms with van der Waals surface area (Å²) in [5, 5.41) is 6.93. The van der Waals surface area contributed by atoms with Gasteiger partial charge < -0.3 is 15.4 Å². The minimum Gasteiger partial charge on any atom is -0.373 e. The smallest absolute Gasteiger partial charge is 0.191 e.